The van der Waals surface area contributed by atoms with Gasteiger partial charge in [0.05, 0.1) is 24.1 Å². The van der Waals surface area contributed by atoms with Gasteiger partial charge in [-0.25, -0.2) is 4.98 Å². The first kappa shape index (κ1) is 14.0. The number of aromatic nitrogens is 3. The Morgan fingerprint density at radius 2 is 2.33 bits per heavy atom. The molecule has 0 radical (unpaired) electrons. The molecule has 3 heterocycles. The van der Waals surface area contributed by atoms with Crippen LogP contribution in [0.3, 0.4) is 0 Å². The quantitative estimate of drug-likeness (QED) is 0.940. The maximum Gasteiger partial charge on any atom is 0.225 e. The van der Waals surface area contributed by atoms with Gasteiger partial charge in [-0.3, -0.25) is 14.2 Å². The Bertz CT molecular complexity index is 667. The maximum atomic E-state index is 12.3. The normalized spacial score (nSPS) is 25.4. The minimum atomic E-state index is 0.00580. The van der Waals surface area contributed by atoms with E-state index in [2.05, 4.69) is 22.2 Å². The highest BCUT2D eigenvalue weighted by Gasteiger charge is 2.31. The Kier molecular flexibility index (Phi) is 3.63. The average Bonchev–Trinajstić information content (AvgIpc) is 2.90. The zero-order valence-electron chi connectivity index (χ0n) is 12.5. The molecule has 3 rings (SSSR count). The molecule has 1 fully saturated rings. The molecule has 1 aliphatic rings. The van der Waals surface area contributed by atoms with Gasteiger partial charge in [-0.05, 0) is 33.1 Å². The van der Waals surface area contributed by atoms with Crippen LogP contribution in [-0.2, 0) is 9.53 Å². The third-order valence-electron chi connectivity index (χ3n) is 4.06. The number of hydrogen-bond acceptors (Lipinski definition) is 4. The molecule has 1 saturated heterocycles. The number of aryl methyl sites for hydroxylation is 1. The molecule has 1 N–H and O–H groups in total. The van der Waals surface area contributed by atoms with Crippen molar-refractivity contribution in [3.63, 3.8) is 0 Å². The number of rotatable bonds is 3. The predicted octanol–water partition coefficient (Wildman–Crippen LogP) is 2.18. The lowest BCUT2D eigenvalue weighted by Gasteiger charge is -2.13. The standard InChI is InChI=1S/C15H20N4O2/c1-9-6-12(11(3)21-9)7-14(20)18-15-10(2)17-13-8-16-4-5-19(13)15/h4-5,8-9,11-12H,6-7H2,1-3H3,(H,18,20). The second-order valence-electron chi connectivity index (χ2n) is 5.75. The number of amides is 1. The number of ether oxygens (including phenoxy) is 1. The fraction of sp³-hybridized carbons (Fsp3) is 0.533. The van der Waals surface area contributed by atoms with Crippen LogP contribution >= 0.6 is 0 Å². The van der Waals surface area contributed by atoms with Gasteiger partial charge >= 0.3 is 0 Å². The Balaban J connectivity index is 1.73. The highest BCUT2D eigenvalue weighted by molar-refractivity contribution is 5.91. The summed E-state index contributed by atoms with van der Waals surface area (Å²) in [6, 6.07) is 0. The van der Waals surface area contributed by atoms with E-state index < -0.39 is 0 Å². The van der Waals surface area contributed by atoms with Crippen molar-refractivity contribution in [1.29, 1.82) is 0 Å². The molecule has 0 saturated carbocycles. The summed E-state index contributed by atoms with van der Waals surface area (Å²) < 4.78 is 7.54. The van der Waals surface area contributed by atoms with E-state index in [-0.39, 0.29) is 24.0 Å². The smallest absolute Gasteiger partial charge is 0.225 e. The van der Waals surface area contributed by atoms with Crippen LogP contribution in [0.2, 0.25) is 0 Å². The van der Waals surface area contributed by atoms with E-state index in [0.29, 0.717) is 6.42 Å². The summed E-state index contributed by atoms with van der Waals surface area (Å²) >= 11 is 0. The fourth-order valence-corrected chi connectivity index (χ4v) is 3.00. The zero-order chi connectivity index (χ0) is 15.0. The van der Waals surface area contributed by atoms with E-state index in [1.54, 1.807) is 18.6 Å². The molecule has 6 nitrogen and oxygen atoms in total. The fourth-order valence-electron chi connectivity index (χ4n) is 3.00. The Morgan fingerprint density at radius 3 is 3.05 bits per heavy atom. The molecular formula is C15H20N4O2. The second kappa shape index (κ2) is 5.44. The Hall–Kier alpha value is -1.95. The molecule has 2 aromatic rings. The second-order valence-corrected chi connectivity index (χ2v) is 5.75. The van der Waals surface area contributed by atoms with Gasteiger partial charge in [-0.15, -0.1) is 0 Å². The van der Waals surface area contributed by atoms with Crippen molar-refractivity contribution in [3.05, 3.63) is 24.3 Å². The van der Waals surface area contributed by atoms with Crippen LogP contribution < -0.4 is 5.32 Å². The Morgan fingerprint density at radius 1 is 1.52 bits per heavy atom. The lowest BCUT2D eigenvalue weighted by atomic mass is 9.96. The molecule has 0 spiro atoms. The Labute approximate surface area is 123 Å². The zero-order valence-corrected chi connectivity index (χ0v) is 12.5. The third-order valence-corrected chi connectivity index (χ3v) is 4.06. The maximum absolute atomic E-state index is 12.3. The number of fused-ring (bicyclic) bond motifs is 1. The summed E-state index contributed by atoms with van der Waals surface area (Å²) in [5, 5.41) is 2.97. The first-order valence-corrected chi connectivity index (χ1v) is 7.28. The summed E-state index contributed by atoms with van der Waals surface area (Å²) in [6.45, 7) is 5.97. The van der Waals surface area contributed by atoms with E-state index >= 15 is 0 Å². The van der Waals surface area contributed by atoms with Crippen LogP contribution in [0.5, 0.6) is 0 Å². The largest absolute Gasteiger partial charge is 0.375 e. The van der Waals surface area contributed by atoms with E-state index in [4.69, 9.17) is 4.74 Å². The van der Waals surface area contributed by atoms with Crippen molar-refractivity contribution >= 4 is 17.4 Å². The lowest BCUT2D eigenvalue weighted by Crippen LogP contribution is -2.21. The van der Waals surface area contributed by atoms with E-state index in [9.17, 15) is 4.79 Å². The van der Waals surface area contributed by atoms with Crippen molar-refractivity contribution in [1.82, 2.24) is 14.4 Å². The molecule has 1 amide bonds. The van der Waals surface area contributed by atoms with Gasteiger partial charge in [0.2, 0.25) is 5.91 Å². The van der Waals surface area contributed by atoms with Gasteiger partial charge in [0.25, 0.3) is 0 Å². The first-order valence-electron chi connectivity index (χ1n) is 7.28. The van der Waals surface area contributed by atoms with Crippen LogP contribution in [0.25, 0.3) is 5.65 Å². The van der Waals surface area contributed by atoms with Crippen LogP contribution in [-0.4, -0.2) is 32.5 Å². The average molecular weight is 288 g/mol. The number of hydrogen-bond donors (Lipinski definition) is 1. The molecule has 1 aliphatic heterocycles. The van der Waals surface area contributed by atoms with E-state index in [0.717, 1.165) is 23.6 Å². The van der Waals surface area contributed by atoms with Gasteiger partial charge in [0.15, 0.2) is 5.65 Å². The number of anilines is 1. The molecule has 3 unspecified atom stereocenters. The first-order chi connectivity index (χ1) is 10.0. The molecule has 0 bridgehead atoms. The van der Waals surface area contributed by atoms with Crippen molar-refractivity contribution in [2.75, 3.05) is 5.32 Å². The molecule has 112 valence electrons. The minimum absolute atomic E-state index is 0.00580. The molecular weight excluding hydrogens is 268 g/mol. The third kappa shape index (κ3) is 2.76. The van der Waals surface area contributed by atoms with Crippen molar-refractivity contribution in [3.8, 4) is 0 Å². The highest BCUT2D eigenvalue weighted by Crippen LogP contribution is 2.29. The SMILES string of the molecule is Cc1nc2cnccn2c1NC(=O)CC1CC(C)OC1C. The number of nitrogens with zero attached hydrogens (tertiary/aromatic N) is 3. The van der Waals surface area contributed by atoms with Crippen molar-refractivity contribution in [2.24, 2.45) is 5.92 Å². The molecule has 0 aliphatic carbocycles. The van der Waals surface area contributed by atoms with Gasteiger partial charge < -0.3 is 10.1 Å². The van der Waals surface area contributed by atoms with Crippen molar-refractivity contribution < 1.29 is 9.53 Å². The predicted molar refractivity (Wildman–Crippen MR) is 79.1 cm³/mol. The molecule has 3 atom stereocenters. The monoisotopic (exact) mass is 288 g/mol. The van der Waals surface area contributed by atoms with Gasteiger partial charge in [-0.1, -0.05) is 0 Å². The van der Waals surface area contributed by atoms with Crippen LogP contribution in [0.4, 0.5) is 5.82 Å². The molecule has 2 aromatic heterocycles. The van der Waals surface area contributed by atoms with E-state index in [1.807, 2.05) is 18.2 Å². The van der Waals surface area contributed by atoms with Crippen LogP contribution in [0.15, 0.2) is 18.6 Å². The topological polar surface area (TPSA) is 68.5 Å². The molecule has 0 aromatic carbocycles. The molecule has 6 heteroatoms. The minimum Gasteiger partial charge on any atom is -0.375 e. The van der Waals surface area contributed by atoms with Gasteiger partial charge in [0.1, 0.15) is 5.82 Å². The summed E-state index contributed by atoms with van der Waals surface area (Å²) in [7, 11) is 0. The van der Waals surface area contributed by atoms with Crippen LogP contribution in [0, 0.1) is 12.8 Å². The number of imidazole rings is 1. The number of nitrogens with one attached hydrogen (secondary N) is 1. The number of carbonyl (C=O) groups is 1. The lowest BCUT2D eigenvalue weighted by molar-refractivity contribution is -0.117. The highest BCUT2D eigenvalue weighted by atomic mass is 16.5. The van der Waals surface area contributed by atoms with E-state index in [1.165, 1.54) is 0 Å². The molecule has 21 heavy (non-hydrogen) atoms. The number of carbonyl (C=O) groups excluding carboxylic acids is 1. The van der Waals surface area contributed by atoms with Crippen molar-refractivity contribution in [2.45, 2.75) is 45.8 Å². The summed E-state index contributed by atoms with van der Waals surface area (Å²) in [6.07, 6.45) is 6.94. The summed E-state index contributed by atoms with van der Waals surface area (Å²) in [5.74, 6) is 1.00. The summed E-state index contributed by atoms with van der Waals surface area (Å²) in [5.41, 5.74) is 1.52. The van der Waals surface area contributed by atoms with Gasteiger partial charge in [-0.2, -0.15) is 0 Å². The van der Waals surface area contributed by atoms with Gasteiger partial charge in [0, 0.05) is 18.8 Å². The van der Waals surface area contributed by atoms with Crippen LogP contribution in [0.1, 0.15) is 32.4 Å². The summed E-state index contributed by atoms with van der Waals surface area (Å²) in [4.78, 5) is 20.7.